The van der Waals surface area contributed by atoms with E-state index in [-0.39, 0.29) is 6.61 Å². The lowest BCUT2D eigenvalue weighted by Gasteiger charge is -2.01. The molecule has 17 heavy (non-hydrogen) atoms. The molecule has 0 spiro atoms. The number of hydrogen-bond acceptors (Lipinski definition) is 4. The van der Waals surface area contributed by atoms with E-state index in [0.29, 0.717) is 12.0 Å². The second kappa shape index (κ2) is 5.21. The number of nitrogens with zero attached hydrogens (tertiary/aromatic N) is 1. The molecule has 1 heterocycles. The highest BCUT2D eigenvalue weighted by Crippen LogP contribution is 2.30. The number of aldehydes is 1. The van der Waals surface area contributed by atoms with Crippen molar-refractivity contribution in [1.29, 1.82) is 0 Å². The quantitative estimate of drug-likeness (QED) is 0.844. The fourth-order valence-electron chi connectivity index (χ4n) is 1.68. The first-order chi connectivity index (χ1) is 8.24. The predicted molar refractivity (Wildman–Crippen MR) is 68.5 cm³/mol. The van der Waals surface area contributed by atoms with Crippen molar-refractivity contribution >= 4 is 17.6 Å². The first kappa shape index (κ1) is 12.0. The molecule has 4 heteroatoms. The smallest absolute Gasteiger partial charge is 0.150 e. The lowest BCUT2D eigenvalue weighted by Crippen LogP contribution is -1.93. The maximum absolute atomic E-state index is 10.6. The molecule has 0 unspecified atom stereocenters. The third-order valence-corrected chi connectivity index (χ3v) is 3.52. The Balaban J connectivity index is 2.40. The summed E-state index contributed by atoms with van der Waals surface area (Å²) in [7, 11) is 0. The number of aryl methyl sites for hydroxylation is 1. The van der Waals surface area contributed by atoms with E-state index in [2.05, 4.69) is 4.98 Å². The Hall–Kier alpha value is -1.52. The fourth-order valence-corrected chi connectivity index (χ4v) is 2.65. The zero-order valence-corrected chi connectivity index (χ0v) is 10.3. The van der Waals surface area contributed by atoms with Crippen LogP contribution in [0.3, 0.4) is 0 Å². The second-order valence-electron chi connectivity index (χ2n) is 3.72. The van der Waals surface area contributed by atoms with Crippen LogP contribution >= 0.6 is 11.3 Å². The van der Waals surface area contributed by atoms with Crippen molar-refractivity contribution < 1.29 is 9.90 Å². The average Bonchev–Trinajstić information content (AvgIpc) is 2.71. The number of hydrogen-bond donors (Lipinski definition) is 1. The molecule has 0 saturated carbocycles. The number of aromatic nitrogens is 1. The Bertz CT molecular complexity index is 517. The molecule has 0 fully saturated rings. The molecule has 0 saturated heterocycles. The van der Waals surface area contributed by atoms with Gasteiger partial charge in [-0.25, -0.2) is 4.98 Å². The minimum atomic E-state index is 0.0998. The Morgan fingerprint density at radius 2 is 2.06 bits per heavy atom. The van der Waals surface area contributed by atoms with E-state index < -0.39 is 0 Å². The van der Waals surface area contributed by atoms with E-state index in [1.165, 1.54) is 0 Å². The molecule has 3 nitrogen and oxygen atoms in total. The van der Waals surface area contributed by atoms with E-state index in [9.17, 15) is 4.79 Å². The maximum atomic E-state index is 10.6. The Labute approximate surface area is 104 Å². The normalized spacial score (nSPS) is 10.5. The zero-order valence-electron chi connectivity index (χ0n) is 9.51. The van der Waals surface area contributed by atoms with Crippen molar-refractivity contribution in [3.8, 4) is 10.4 Å². The van der Waals surface area contributed by atoms with Gasteiger partial charge in [0, 0.05) is 18.6 Å². The Morgan fingerprint density at radius 1 is 1.35 bits per heavy atom. The number of benzene rings is 1. The summed E-state index contributed by atoms with van der Waals surface area (Å²) in [4.78, 5) is 16.1. The Morgan fingerprint density at radius 3 is 2.65 bits per heavy atom. The molecule has 0 amide bonds. The summed E-state index contributed by atoms with van der Waals surface area (Å²) in [6.07, 6.45) is 1.39. The summed E-state index contributed by atoms with van der Waals surface area (Å²) < 4.78 is 0. The van der Waals surface area contributed by atoms with Gasteiger partial charge in [-0.1, -0.05) is 24.3 Å². The molecule has 0 atom stereocenters. The van der Waals surface area contributed by atoms with Gasteiger partial charge in [0.25, 0.3) is 0 Å². The van der Waals surface area contributed by atoms with Crippen molar-refractivity contribution in [3.05, 3.63) is 40.5 Å². The van der Waals surface area contributed by atoms with Crippen molar-refractivity contribution in [3.63, 3.8) is 0 Å². The first-order valence-electron chi connectivity index (χ1n) is 5.37. The van der Waals surface area contributed by atoms with Crippen LogP contribution in [0, 0.1) is 6.92 Å². The SMILES string of the molecule is Cc1nc(CCO)c(-c2ccc(C=O)cc2)s1. The van der Waals surface area contributed by atoms with Gasteiger partial charge < -0.3 is 5.11 Å². The average molecular weight is 247 g/mol. The monoisotopic (exact) mass is 247 g/mol. The largest absolute Gasteiger partial charge is 0.396 e. The summed E-state index contributed by atoms with van der Waals surface area (Å²) in [6, 6.07) is 7.41. The predicted octanol–water partition coefficient (Wildman–Crippen LogP) is 2.47. The molecular weight excluding hydrogens is 234 g/mol. The van der Waals surface area contributed by atoms with Gasteiger partial charge in [0.05, 0.1) is 15.6 Å². The number of rotatable bonds is 4. The molecule has 2 aromatic rings. The summed E-state index contributed by atoms with van der Waals surface area (Å²) in [5.74, 6) is 0. The molecule has 0 bridgehead atoms. The molecule has 1 aromatic heterocycles. The van der Waals surface area contributed by atoms with Gasteiger partial charge in [0.15, 0.2) is 0 Å². The molecule has 1 aromatic carbocycles. The van der Waals surface area contributed by atoms with Crippen LogP contribution in [0.5, 0.6) is 0 Å². The number of thiazole rings is 1. The maximum Gasteiger partial charge on any atom is 0.150 e. The van der Waals surface area contributed by atoms with Gasteiger partial charge in [0.2, 0.25) is 0 Å². The molecule has 0 aliphatic carbocycles. The van der Waals surface area contributed by atoms with E-state index >= 15 is 0 Å². The molecule has 0 radical (unpaired) electrons. The van der Waals surface area contributed by atoms with Crippen LogP contribution in [0.4, 0.5) is 0 Å². The van der Waals surface area contributed by atoms with Gasteiger partial charge in [0.1, 0.15) is 6.29 Å². The molecule has 1 N–H and O–H groups in total. The Kier molecular flexibility index (Phi) is 3.66. The number of carbonyl (C=O) groups excluding carboxylic acids is 1. The van der Waals surface area contributed by atoms with Crippen LogP contribution in [0.2, 0.25) is 0 Å². The van der Waals surface area contributed by atoms with Crippen molar-refractivity contribution in [2.75, 3.05) is 6.61 Å². The summed E-state index contributed by atoms with van der Waals surface area (Å²) in [5, 5.41) is 9.99. The number of aliphatic hydroxyl groups excluding tert-OH is 1. The minimum absolute atomic E-state index is 0.0998. The van der Waals surface area contributed by atoms with E-state index in [0.717, 1.165) is 27.4 Å². The van der Waals surface area contributed by atoms with Crippen molar-refractivity contribution in [2.24, 2.45) is 0 Å². The standard InChI is InChI=1S/C13H13NO2S/c1-9-14-12(6-7-15)13(17-9)11-4-2-10(8-16)3-5-11/h2-5,8,15H,6-7H2,1H3. The van der Waals surface area contributed by atoms with Crippen molar-refractivity contribution in [1.82, 2.24) is 4.98 Å². The van der Waals surface area contributed by atoms with E-state index in [1.807, 2.05) is 19.1 Å². The van der Waals surface area contributed by atoms with Crippen LogP contribution in [-0.2, 0) is 6.42 Å². The highest BCUT2D eigenvalue weighted by molar-refractivity contribution is 7.15. The third kappa shape index (κ3) is 2.60. The summed E-state index contributed by atoms with van der Waals surface area (Å²) in [5.41, 5.74) is 2.64. The lowest BCUT2D eigenvalue weighted by molar-refractivity contribution is 0.112. The van der Waals surface area contributed by atoms with Crippen LogP contribution in [-0.4, -0.2) is 23.0 Å². The van der Waals surface area contributed by atoms with Gasteiger partial charge in [-0.05, 0) is 12.5 Å². The van der Waals surface area contributed by atoms with Crippen LogP contribution in [0.15, 0.2) is 24.3 Å². The van der Waals surface area contributed by atoms with Gasteiger partial charge in [-0.15, -0.1) is 11.3 Å². The molecule has 2 rings (SSSR count). The lowest BCUT2D eigenvalue weighted by atomic mass is 10.1. The molecular formula is C13H13NO2S. The second-order valence-corrected chi connectivity index (χ2v) is 4.93. The first-order valence-corrected chi connectivity index (χ1v) is 6.19. The molecule has 88 valence electrons. The van der Waals surface area contributed by atoms with Crippen LogP contribution < -0.4 is 0 Å². The topological polar surface area (TPSA) is 50.2 Å². The number of carbonyl (C=O) groups is 1. The zero-order chi connectivity index (χ0) is 12.3. The summed E-state index contributed by atoms with van der Waals surface area (Å²) in [6.45, 7) is 2.05. The van der Waals surface area contributed by atoms with Crippen LogP contribution in [0.25, 0.3) is 10.4 Å². The fraction of sp³-hybridized carbons (Fsp3) is 0.231. The highest BCUT2D eigenvalue weighted by Gasteiger charge is 2.10. The molecule has 0 aliphatic rings. The third-order valence-electron chi connectivity index (χ3n) is 2.46. The number of aliphatic hydroxyl groups is 1. The van der Waals surface area contributed by atoms with E-state index in [4.69, 9.17) is 5.11 Å². The van der Waals surface area contributed by atoms with Crippen LogP contribution in [0.1, 0.15) is 21.1 Å². The van der Waals surface area contributed by atoms with Crippen molar-refractivity contribution in [2.45, 2.75) is 13.3 Å². The van der Waals surface area contributed by atoms with E-state index in [1.54, 1.807) is 23.5 Å². The van der Waals surface area contributed by atoms with Gasteiger partial charge >= 0.3 is 0 Å². The minimum Gasteiger partial charge on any atom is -0.396 e. The van der Waals surface area contributed by atoms with Gasteiger partial charge in [-0.2, -0.15) is 0 Å². The summed E-state index contributed by atoms with van der Waals surface area (Å²) >= 11 is 1.61. The van der Waals surface area contributed by atoms with Gasteiger partial charge in [-0.3, -0.25) is 4.79 Å². The molecule has 0 aliphatic heterocycles. The highest BCUT2D eigenvalue weighted by atomic mass is 32.1.